The van der Waals surface area contributed by atoms with Gasteiger partial charge in [-0.25, -0.2) is 18.3 Å². The van der Waals surface area contributed by atoms with Gasteiger partial charge in [-0.05, 0) is 118 Å². The Kier molecular flexibility index (Phi) is 5.38. The van der Waals surface area contributed by atoms with Crippen LogP contribution in [0, 0.1) is 35.5 Å². The third kappa shape index (κ3) is 4.07. The van der Waals surface area contributed by atoms with Gasteiger partial charge in [0.15, 0.2) is 0 Å². The van der Waals surface area contributed by atoms with E-state index >= 15 is 0 Å². The molecule has 3 heterocycles. The maximum Gasteiger partial charge on any atom is 0.244 e. The van der Waals surface area contributed by atoms with Gasteiger partial charge < -0.3 is 0 Å². The maximum atomic E-state index is 4.97. The van der Waals surface area contributed by atoms with Crippen LogP contribution in [0.3, 0.4) is 0 Å². The molecule has 0 radical (unpaired) electrons. The number of rotatable bonds is 7. The molecule has 3 aromatic heterocycles. The van der Waals surface area contributed by atoms with Crippen LogP contribution in [0.1, 0.15) is 88.4 Å². The Morgan fingerprint density at radius 3 is 1.60 bits per heavy atom. The average molecular weight is 575 g/mol. The molecule has 6 nitrogen and oxygen atoms in total. The Balaban J connectivity index is 0.937. The molecule has 8 saturated carbocycles. The summed E-state index contributed by atoms with van der Waals surface area (Å²) in [6, 6.07) is 10.9. The van der Waals surface area contributed by atoms with Crippen molar-refractivity contribution in [3.8, 4) is 11.1 Å². The van der Waals surface area contributed by atoms with E-state index in [2.05, 4.69) is 91.1 Å². The van der Waals surface area contributed by atoms with Crippen molar-refractivity contribution >= 4 is 0 Å². The van der Waals surface area contributed by atoms with Crippen LogP contribution in [0.15, 0.2) is 67.8 Å². The predicted octanol–water partition coefficient (Wildman–Crippen LogP) is 6.20. The largest absolute Gasteiger partial charge is 0.277 e. The van der Waals surface area contributed by atoms with Crippen LogP contribution >= 0.6 is 0 Å². The van der Waals surface area contributed by atoms with Crippen molar-refractivity contribution in [1.82, 2.24) is 19.3 Å². The molecule has 222 valence electrons. The second-order valence-corrected chi connectivity index (χ2v) is 16.2. The normalized spacial score (nSPS) is 37.0. The molecule has 0 atom stereocenters. The molecule has 12 rings (SSSR count). The molecular weight excluding hydrogens is 528 g/mol. The Hall–Kier alpha value is -3.15. The van der Waals surface area contributed by atoms with E-state index in [1.165, 1.54) is 93.9 Å². The smallest absolute Gasteiger partial charge is 0.244 e. The van der Waals surface area contributed by atoms with Gasteiger partial charge in [0.2, 0.25) is 12.7 Å². The highest BCUT2D eigenvalue weighted by Crippen LogP contribution is 2.59. The first-order chi connectivity index (χ1) is 21.1. The molecule has 4 aromatic rings. The molecule has 8 aliphatic carbocycles. The number of aromatic nitrogens is 6. The molecule has 1 N–H and O–H groups in total. The minimum absolute atomic E-state index is 0.361. The van der Waals surface area contributed by atoms with Gasteiger partial charge in [-0.2, -0.15) is 5.10 Å². The van der Waals surface area contributed by atoms with Crippen molar-refractivity contribution in [3.05, 3.63) is 79.2 Å². The Morgan fingerprint density at radius 1 is 0.651 bits per heavy atom. The molecule has 8 bridgehead atoms. The number of nitrogens with one attached hydrogen (secondary N) is 1. The van der Waals surface area contributed by atoms with Crippen molar-refractivity contribution < 1.29 is 9.13 Å². The quantitative estimate of drug-likeness (QED) is 0.263. The lowest BCUT2D eigenvalue weighted by Gasteiger charge is -2.54. The molecule has 0 unspecified atom stereocenters. The predicted molar refractivity (Wildman–Crippen MR) is 164 cm³/mol. The van der Waals surface area contributed by atoms with E-state index in [1.807, 2.05) is 0 Å². The van der Waals surface area contributed by atoms with E-state index in [9.17, 15) is 0 Å². The third-order valence-electron chi connectivity index (χ3n) is 13.1. The molecule has 8 aliphatic rings. The van der Waals surface area contributed by atoms with Crippen LogP contribution < -0.4 is 9.13 Å². The SMILES string of the molecule is c1ccc(-c2c(C[n+]3ccn(C45CC6CC(CC(C6)C4)C5)c3)n[nH]c2C[n+]2ccn(C34CC5CC(CC(C5)C3)C4)c2)cc1. The zero-order chi connectivity index (χ0) is 28.2. The minimum Gasteiger partial charge on any atom is -0.277 e. The molecule has 0 aliphatic heterocycles. The standard InChI is InChI=1S/C37H46N6/c1-2-4-32(5-3-1)35-33(22-40-6-8-42(24-40)36-16-26-10-27(17-36)12-28(11-26)18-36)38-39-34(35)23-41-7-9-43(25-41)37-19-29-13-30(20-37)15-31(14-29)21-37/h1-9,24-31H,10-23H2,(H,38,39)/q+2. The fraction of sp³-hybridized carbons (Fsp3) is 0.595. The van der Waals surface area contributed by atoms with Gasteiger partial charge >= 0.3 is 0 Å². The molecule has 1 aromatic carbocycles. The van der Waals surface area contributed by atoms with Crippen molar-refractivity contribution in [2.24, 2.45) is 35.5 Å². The van der Waals surface area contributed by atoms with Crippen LogP contribution in [0.2, 0.25) is 0 Å². The highest BCUT2D eigenvalue weighted by molar-refractivity contribution is 5.68. The Morgan fingerprint density at radius 2 is 1.12 bits per heavy atom. The van der Waals surface area contributed by atoms with E-state index in [0.29, 0.717) is 11.1 Å². The van der Waals surface area contributed by atoms with E-state index in [0.717, 1.165) is 54.3 Å². The van der Waals surface area contributed by atoms with Gasteiger partial charge in [0.25, 0.3) is 0 Å². The van der Waals surface area contributed by atoms with Gasteiger partial charge in [-0.1, -0.05) is 30.3 Å². The van der Waals surface area contributed by atoms with Crippen molar-refractivity contribution in [2.45, 2.75) is 101 Å². The third-order valence-corrected chi connectivity index (χ3v) is 13.1. The summed E-state index contributed by atoms with van der Waals surface area (Å²) in [5.41, 5.74) is 5.59. The van der Waals surface area contributed by atoms with Crippen LogP contribution in [0.25, 0.3) is 11.1 Å². The lowest BCUT2D eigenvalue weighted by atomic mass is 9.53. The highest BCUT2D eigenvalue weighted by Gasteiger charge is 2.55. The summed E-state index contributed by atoms with van der Waals surface area (Å²) in [4.78, 5) is 0. The first-order valence-corrected chi connectivity index (χ1v) is 17.3. The Bertz CT molecular complexity index is 1480. The number of imidazole rings is 2. The highest BCUT2D eigenvalue weighted by atomic mass is 15.2. The summed E-state index contributed by atoms with van der Waals surface area (Å²) in [5.74, 6) is 5.73. The number of hydrogen-bond donors (Lipinski definition) is 1. The zero-order valence-corrected chi connectivity index (χ0v) is 25.5. The van der Waals surface area contributed by atoms with E-state index in [1.54, 1.807) is 0 Å². The summed E-state index contributed by atoms with van der Waals surface area (Å²) >= 11 is 0. The summed E-state index contributed by atoms with van der Waals surface area (Å²) in [6.45, 7) is 1.61. The first-order valence-electron chi connectivity index (χ1n) is 17.3. The molecule has 43 heavy (non-hydrogen) atoms. The minimum atomic E-state index is 0.361. The monoisotopic (exact) mass is 574 g/mol. The molecule has 8 fully saturated rings. The van der Waals surface area contributed by atoms with Gasteiger partial charge in [0, 0.05) is 5.56 Å². The number of benzene rings is 1. The summed E-state index contributed by atoms with van der Waals surface area (Å²) < 4.78 is 9.98. The number of aromatic amines is 1. The van der Waals surface area contributed by atoms with Gasteiger partial charge in [0.05, 0.1) is 5.69 Å². The molecule has 6 heteroatoms. The van der Waals surface area contributed by atoms with Crippen LogP contribution in [0.5, 0.6) is 0 Å². The second kappa shape index (κ2) is 9.18. The molecule has 0 amide bonds. The maximum absolute atomic E-state index is 4.97. The summed E-state index contributed by atoms with van der Waals surface area (Å²) in [5, 5.41) is 8.47. The van der Waals surface area contributed by atoms with E-state index < -0.39 is 0 Å². The van der Waals surface area contributed by atoms with E-state index in [-0.39, 0.29) is 0 Å². The number of hydrogen-bond acceptors (Lipinski definition) is 1. The average Bonchev–Trinajstić information content (AvgIpc) is 3.74. The van der Waals surface area contributed by atoms with Crippen LogP contribution in [-0.4, -0.2) is 19.3 Å². The fourth-order valence-electron chi connectivity index (χ4n) is 12.2. The van der Waals surface area contributed by atoms with E-state index in [4.69, 9.17) is 5.10 Å². The zero-order valence-electron chi connectivity index (χ0n) is 25.5. The van der Waals surface area contributed by atoms with Crippen LogP contribution in [-0.2, 0) is 24.2 Å². The lowest BCUT2D eigenvalue weighted by Crippen LogP contribution is -2.52. The Labute approximate surface area is 255 Å². The van der Waals surface area contributed by atoms with Crippen LogP contribution in [0.4, 0.5) is 0 Å². The number of nitrogens with zero attached hydrogens (tertiary/aromatic N) is 5. The first kappa shape index (κ1) is 25.2. The summed E-state index contributed by atoms with van der Waals surface area (Å²) in [6.07, 6.45) is 31.4. The topological polar surface area (TPSA) is 46.3 Å². The lowest BCUT2D eigenvalue weighted by molar-refractivity contribution is -0.689. The van der Waals surface area contributed by atoms with Gasteiger partial charge in [0.1, 0.15) is 54.6 Å². The summed E-state index contributed by atoms with van der Waals surface area (Å²) in [7, 11) is 0. The van der Waals surface area contributed by atoms with Gasteiger partial charge in [-0.15, -0.1) is 0 Å². The van der Waals surface area contributed by atoms with Gasteiger partial charge in [-0.3, -0.25) is 5.10 Å². The second-order valence-electron chi connectivity index (χ2n) is 16.2. The van der Waals surface area contributed by atoms with Crippen molar-refractivity contribution in [2.75, 3.05) is 0 Å². The van der Waals surface area contributed by atoms with Crippen molar-refractivity contribution in [3.63, 3.8) is 0 Å². The molecule has 0 saturated heterocycles. The molecule has 0 spiro atoms. The fourth-order valence-corrected chi connectivity index (χ4v) is 12.2. The number of H-pyrrole nitrogens is 1. The molecular formula is C37H46N6+2. The van der Waals surface area contributed by atoms with Crippen molar-refractivity contribution in [1.29, 1.82) is 0 Å².